The zero-order chi connectivity index (χ0) is 9.54. The first-order valence-corrected chi connectivity index (χ1v) is 4.98. The van der Waals surface area contributed by atoms with Gasteiger partial charge in [-0.3, -0.25) is 0 Å². The van der Waals surface area contributed by atoms with E-state index in [-0.39, 0.29) is 6.10 Å². The van der Waals surface area contributed by atoms with Crippen LogP contribution in [0.2, 0.25) is 0 Å². The Morgan fingerprint density at radius 2 is 2.50 bits per heavy atom. The summed E-state index contributed by atoms with van der Waals surface area (Å²) < 4.78 is 0. The summed E-state index contributed by atoms with van der Waals surface area (Å²) in [6.45, 7) is 1.63. The number of fused-ring (bicyclic) bond motifs is 3. The number of rotatable bonds is 0. The molecule has 2 unspecified atom stereocenters. The van der Waals surface area contributed by atoms with Crippen LogP contribution >= 0.6 is 0 Å². The predicted octanol–water partition coefficient (Wildman–Crippen LogP) is 0.447. The van der Waals surface area contributed by atoms with Gasteiger partial charge in [-0.25, -0.2) is 4.98 Å². The molecule has 0 saturated carbocycles. The van der Waals surface area contributed by atoms with Crippen LogP contribution in [-0.2, 0) is 0 Å². The van der Waals surface area contributed by atoms with Crippen LogP contribution in [0.1, 0.15) is 6.42 Å². The van der Waals surface area contributed by atoms with Crippen LogP contribution in [-0.4, -0.2) is 35.3 Å². The van der Waals surface area contributed by atoms with Crippen molar-refractivity contribution in [2.75, 3.05) is 23.3 Å². The fraction of sp³-hybridized carbons (Fsp3) is 0.500. The van der Waals surface area contributed by atoms with Gasteiger partial charge in [-0.1, -0.05) is 0 Å². The van der Waals surface area contributed by atoms with E-state index < -0.39 is 0 Å². The molecule has 0 spiro atoms. The van der Waals surface area contributed by atoms with E-state index in [1.807, 2.05) is 6.07 Å². The lowest BCUT2D eigenvalue weighted by Crippen LogP contribution is -2.39. The fourth-order valence-electron chi connectivity index (χ4n) is 2.36. The Hall–Kier alpha value is -1.29. The Morgan fingerprint density at radius 1 is 1.57 bits per heavy atom. The number of nitrogens with zero attached hydrogens (tertiary/aromatic N) is 2. The summed E-state index contributed by atoms with van der Waals surface area (Å²) >= 11 is 0. The van der Waals surface area contributed by atoms with E-state index in [1.54, 1.807) is 6.20 Å². The maximum atomic E-state index is 9.60. The molecule has 1 aromatic heterocycles. The monoisotopic (exact) mass is 191 g/mol. The molecule has 2 aliphatic heterocycles. The Morgan fingerprint density at radius 3 is 3.43 bits per heavy atom. The van der Waals surface area contributed by atoms with Crippen LogP contribution in [0.4, 0.5) is 11.5 Å². The summed E-state index contributed by atoms with van der Waals surface area (Å²) in [5.41, 5.74) is 1.13. The predicted molar refractivity (Wildman–Crippen MR) is 54.5 cm³/mol. The zero-order valence-corrected chi connectivity index (χ0v) is 7.85. The molecular formula is C10H13N3O. The summed E-state index contributed by atoms with van der Waals surface area (Å²) in [4.78, 5) is 6.52. The summed E-state index contributed by atoms with van der Waals surface area (Å²) in [5, 5.41) is 12.9. The maximum absolute atomic E-state index is 9.60. The summed E-state index contributed by atoms with van der Waals surface area (Å²) in [7, 11) is 0. The third-order valence-electron chi connectivity index (χ3n) is 2.99. The zero-order valence-electron chi connectivity index (χ0n) is 7.85. The minimum absolute atomic E-state index is 0.187. The van der Waals surface area contributed by atoms with Gasteiger partial charge in [0.25, 0.3) is 0 Å². The molecule has 0 aliphatic carbocycles. The summed E-state index contributed by atoms with van der Waals surface area (Å²) in [6, 6.07) is 4.43. The smallest absolute Gasteiger partial charge is 0.149 e. The van der Waals surface area contributed by atoms with Gasteiger partial charge in [-0.05, 0) is 18.6 Å². The molecule has 0 aromatic carbocycles. The number of hydrogen-bond donors (Lipinski definition) is 2. The Balaban J connectivity index is 2.01. The average Bonchev–Trinajstić information content (AvgIpc) is 2.59. The van der Waals surface area contributed by atoms with Crippen molar-refractivity contribution >= 4 is 11.5 Å². The van der Waals surface area contributed by atoms with Crippen molar-refractivity contribution in [1.29, 1.82) is 0 Å². The SMILES string of the molecule is OC1CC2CNc3ncccc3N2C1. The lowest BCUT2D eigenvalue weighted by molar-refractivity contribution is 0.195. The lowest BCUT2D eigenvalue weighted by atomic mass is 10.1. The molecule has 1 aromatic rings. The summed E-state index contributed by atoms with van der Waals surface area (Å²) in [5.74, 6) is 0.942. The van der Waals surface area contributed by atoms with Crippen LogP contribution in [0.15, 0.2) is 18.3 Å². The van der Waals surface area contributed by atoms with Gasteiger partial charge in [0.05, 0.1) is 11.8 Å². The normalized spacial score (nSPS) is 29.4. The van der Waals surface area contributed by atoms with Gasteiger partial charge in [0.1, 0.15) is 5.82 Å². The highest BCUT2D eigenvalue weighted by molar-refractivity contribution is 5.69. The van der Waals surface area contributed by atoms with Crippen LogP contribution in [0.25, 0.3) is 0 Å². The molecule has 1 saturated heterocycles. The van der Waals surface area contributed by atoms with E-state index in [9.17, 15) is 5.11 Å². The van der Waals surface area contributed by atoms with Gasteiger partial charge >= 0.3 is 0 Å². The molecule has 2 N–H and O–H groups in total. The van der Waals surface area contributed by atoms with Crippen molar-refractivity contribution < 1.29 is 5.11 Å². The van der Waals surface area contributed by atoms with E-state index in [0.29, 0.717) is 6.04 Å². The molecule has 4 heteroatoms. The lowest BCUT2D eigenvalue weighted by Gasteiger charge is -2.33. The van der Waals surface area contributed by atoms with Crippen molar-refractivity contribution in [1.82, 2.24) is 4.98 Å². The highest BCUT2D eigenvalue weighted by Gasteiger charge is 2.35. The topological polar surface area (TPSA) is 48.4 Å². The first kappa shape index (κ1) is 8.05. The number of hydrogen-bond acceptors (Lipinski definition) is 4. The van der Waals surface area contributed by atoms with Crippen molar-refractivity contribution in [3.63, 3.8) is 0 Å². The molecule has 0 radical (unpaired) electrons. The Labute approximate surface area is 82.6 Å². The van der Waals surface area contributed by atoms with Gasteiger partial charge in [0.2, 0.25) is 0 Å². The van der Waals surface area contributed by atoms with Crippen LogP contribution in [0, 0.1) is 0 Å². The molecule has 2 aliphatic rings. The van der Waals surface area contributed by atoms with E-state index >= 15 is 0 Å². The molecule has 3 heterocycles. The highest BCUT2D eigenvalue weighted by atomic mass is 16.3. The van der Waals surface area contributed by atoms with E-state index in [2.05, 4.69) is 21.3 Å². The number of nitrogens with one attached hydrogen (secondary N) is 1. The molecule has 74 valence electrons. The van der Waals surface area contributed by atoms with Gasteiger partial charge in [0.15, 0.2) is 0 Å². The van der Waals surface area contributed by atoms with Crippen LogP contribution in [0.3, 0.4) is 0 Å². The van der Waals surface area contributed by atoms with Crippen molar-refractivity contribution in [2.24, 2.45) is 0 Å². The molecule has 3 rings (SSSR count). The fourth-order valence-corrected chi connectivity index (χ4v) is 2.36. The van der Waals surface area contributed by atoms with Crippen LogP contribution < -0.4 is 10.2 Å². The first-order valence-electron chi connectivity index (χ1n) is 4.98. The maximum Gasteiger partial charge on any atom is 0.149 e. The Kier molecular flexibility index (Phi) is 1.64. The van der Waals surface area contributed by atoms with Gasteiger partial charge < -0.3 is 15.3 Å². The molecule has 0 bridgehead atoms. The van der Waals surface area contributed by atoms with Gasteiger partial charge in [-0.2, -0.15) is 0 Å². The molecule has 14 heavy (non-hydrogen) atoms. The highest BCUT2D eigenvalue weighted by Crippen LogP contribution is 2.34. The second kappa shape index (κ2) is 2.85. The van der Waals surface area contributed by atoms with Gasteiger partial charge in [0, 0.05) is 25.3 Å². The molecule has 2 atom stereocenters. The standard InChI is InChI=1S/C10H13N3O/c14-8-4-7-5-12-10-9(13(7)6-8)2-1-3-11-10/h1-3,7-8,14H,4-6H2,(H,11,12). The average molecular weight is 191 g/mol. The minimum Gasteiger partial charge on any atom is -0.391 e. The number of aliphatic hydroxyl groups excluding tert-OH is 1. The van der Waals surface area contributed by atoms with E-state index in [4.69, 9.17) is 0 Å². The molecule has 0 amide bonds. The van der Waals surface area contributed by atoms with E-state index in [1.165, 1.54) is 0 Å². The van der Waals surface area contributed by atoms with Crippen molar-refractivity contribution in [2.45, 2.75) is 18.6 Å². The van der Waals surface area contributed by atoms with Gasteiger partial charge in [-0.15, -0.1) is 0 Å². The summed E-state index contributed by atoms with van der Waals surface area (Å²) in [6.07, 6.45) is 2.47. The largest absolute Gasteiger partial charge is 0.391 e. The third-order valence-corrected chi connectivity index (χ3v) is 2.99. The molecule has 4 nitrogen and oxygen atoms in total. The second-order valence-electron chi connectivity index (χ2n) is 3.95. The number of aliphatic hydroxyl groups is 1. The first-order chi connectivity index (χ1) is 6.84. The third kappa shape index (κ3) is 1.07. The van der Waals surface area contributed by atoms with E-state index in [0.717, 1.165) is 31.0 Å². The minimum atomic E-state index is -0.187. The second-order valence-corrected chi connectivity index (χ2v) is 3.95. The Bertz CT molecular complexity index is 355. The molecule has 1 fully saturated rings. The van der Waals surface area contributed by atoms with Crippen molar-refractivity contribution in [3.8, 4) is 0 Å². The number of aromatic nitrogens is 1. The van der Waals surface area contributed by atoms with Crippen molar-refractivity contribution in [3.05, 3.63) is 18.3 Å². The number of anilines is 2. The molecular weight excluding hydrogens is 178 g/mol. The van der Waals surface area contributed by atoms with Crippen LogP contribution in [0.5, 0.6) is 0 Å². The quantitative estimate of drug-likeness (QED) is 0.625. The number of pyridine rings is 1.